The molecule has 6 heteroatoms. The molecule has 0 bridgehead atoms. The molecule has 0 heterocycles. The number of hydrogen-bond acceptors (Lipinski definition) is 4. The van der Waals surface area contributed by atoms with Gasteiger partial charge in [0.05, 0.1) is 6.04 Å². The number of hydrogen-bond donors (Lipinski definition) is 2. The minimum absolute atomic E-state index is 0.113. The van der Waals surface area contributed by atoms with Gasteiger partial charge in [-0.1, -0.05) is 0 Å². The van der Waals surface area contributed by atoms with Gasteiger partial charge in [-0.05, 0) is 27.7 Å². The maximum absolute atomic E-state index is 11.2. The van der Waals surface area contributed by atoms with E-state index in [0.29, 0.717) is 0 Å². The van der Waals surface area contributed by atoms with Gasteiger partial charge in [0.25, 0.3) is 0 Å². The largest absolute Gasteiger partial charge is 0.333 e. The summed E-state index contributed by atoms with van der Waals surface area (Å²) in [6, 6.07) is -0.278. The molecule has 2 amide bonds. The monoisotopic (exact) mass is 201 g/mol. The summed E-state index contributed by atoms with van der Waals surface area (Å²) in [5.74, 6) is 5.25. The number of hydrazine groups is 1. The summed E-state index contributed by atoms with van der Waals surface area (Å²) in [5, 5.41) is 11.5. The lowest BCUT2D eigenvalue weighted by molar-refractivity contribution is 0.198. The van der Waals surface area contributed by atoms with E-state index in [4.69, 9.17) is 5.84 Å². The van der Waals surface area contributed by atoms with Crippen LogP contribution in [0.25, 0.3) is 0 Å². The molecule has 0 spiro atoms. The zero-order valence-electron chi connectivity index (χ0n) is 9.40. The van der Waals surface area contributed by atoms with Gasteiger partial charge in [0.2, 0.25) is 0 Å². The molecule has 0 aromatic heterocycles. The van der Waals surface area contributed by atoms with Crippen LogP contribution in [-0.2, 0) is 0 Å². The second-order valence-electron chi connectivity index (χ2n) is 3.91. The predicted octanol–water partition coefficient (Wildman–Crippen LogP) is 1.10. The summed E-state index contributed by atoms with van der Waals surface area (Å²) < 4.78 is 0. The molecule has 0 aliphatic heterocycles. The molecule has 0 aliphatic rings. The highest BCUT2D eigenvalue weighted by atomic mass is 16.2. The van der Waals surface area contributed by atoms with Gasteiger partial charge in [-0.25, -0.2) is 10.6 Å². The van der Waals surface area contributed by atoms with Crippen molar-refractivity contribution in [1.29, 1.82) is 0 Å². The zero-order valence-corrected chi connectivity index (χ0v) is 9.40. The Morgan fingerprint density at radius 3 is 2.36 bits per heavy atom. The van der Waals surface area contributed by atoms with E-state index in [2.05, 4.69) is 15.5 Å². The first-order valence-corrected chi connectivity index (χ1v) is 4.47. The van der Waals surface area contributed by atoms with Gasteiger partial charge in [-0.2, -0.15) is 10.2 Å². The quantitative estimate of drug-likeness (QED) is 0.310. The molecule has 0 aromatic rings. The summed E-state index contributed by atoms with van der Waals surface area (Å²) >= 11 is 0. The van der Waals surface area contributed by atoms with E-state index in [1.54, 1.807) is 13.8 Å². The number of amides is 2. The molecule has 14 heavy (non-hydrogen) atoms. The molecule has 0 radical (unpaired) electrons. The first-order valence-electron chi connectivity index (χ1n) is 4.47. The second kappa shape index (κ2) is 4.90. The van der Waals surface area contributed by atoms with Crippen LogP contribution in [0.1, 0.15) is 27.7 Å². The normalized spacial score (nSPS) is 12.2. The van der Waals surface area contributed by atoms with Crippen LogP contribution in [-0.4, -0.2) is 29.8 Å². The highest BCUT2D eigenvalue weighted by Gasteiger charge is 2.20. The van der Waals surface area contributed by atoms with Crippen molar-refractivity contribution in [3.63, 3.8) is 0 Å². The fraction of sp³-hybridized carbons (Fsp3) is 0.875. The Hall–Kier alpha value is -1.17. The van der Waals surface area contributed by atoms with Gasteiger partial charge in [0, 0.05) is 7.05 Å². The van der Waals surface area contributed by atoms with Gasteiger partial charge < -0.3 is 5.32 Å². The van der Waals surface area contributed by atoms with Crippen LogP contribution in [0, 0.1) is 0 Å². The molecule has 0 saturated carbocycles. The molecule has 0 aliphatic carbocycles. The van der Waals surface area contributed by atoms with E-state index in [1.807, 2.05) is 13.8 Å². The molecule has 0 saturated heterocycles. The molecular formula is C8H19N5O. The molecule has 0 fully saturated rings. The van der Waals surface area contributed by atoms with Crippen molar-refractivity contribution in [3.8, 4) is 0 Å². The lowest BCUT2D eigenvalue weighted by atomic mass is 10.3. The molecule has 0 aromatic carbocycles. The molecule has 0 unspecified atom stereocenters. The molecule has 0 atom stereocenters. The van der Waals surface area contributed by atoms with Crippen molar-refractivity contribution >= 4 is 6.03 Å². The van der Waals surface area contributed by atoms with Gasteiger partial charge >= 0.3 is 6.03 Å². The smallest absolute Gasteiger partial charge is 0.311 e. The summed E-state index contributed by atoms with van der Waals surface area (Å²) in [5.41, 5.74) is -0.727. The summed E-state index contributed by atoms with van der Waals surface area (Å²) in [6.07, 6.45) is 0. The second-order valence-corrected chi connectivity index (χ2v) is 3.91. The van der Waals surface area contributed by atoms with Crippen LogP contribution >= 0.6 is 0 Å². The molecule has 3 N–H and O–H groups in total. The number of azo groups is 1. The Bertz CT molecular complexity index is 222. The SMILES string of the molecule is CC(C)N=NC(C)(C)NC(=O)N(C)N. The summed E-state index contributed by atoms with van der Waals surface area (Å²) in [6.45, 7) is 7.33. The van der Waals surface area contributed by atoms with Crippen LogP contribution in [0.2, 0.25) is 0 Å². The zero-order chi connectivity index (χ0) is 11.4. The van der Waals surface area contributed by atoms with Crippen LogP contribution in [0.3, 0.4) is 0 Å². The number of carbonyl (C=O) groups excluding carboxylic acids is 1. The molecular weight excluding hydrogens is 182 g/mol. The van der Waals surface area contributed by atoms with Crippen molar-refractivity contribution < 1.29 is 4.79 Å². The predicted molar refractivity (Wildman–Crippen MR) is 54.6 cm³/mol. The number of nitrogens with two attached hydrogens (primary N) is 1. The Morgan fingerprint density at radius 1 is 1.50 bits per heavy atom. The third-order valence-corrected chi connectivity index (χ3v) is 1.27. The van der Waals surface area contributed by atoms with Crippen molar-refractivity contribution in [2.45, 2.75) is 39.4 Å². The number of rotatable bonds is 3. The minimum Gasteiger partial charge on any atom is -0.311 e. The molecule has 82 valence electrons. The maximum Gasteiger partial charge on any atom is 0.333 e. The summed E-state index contributed by atoms with van der Waals surface area (Å²) in [7, 11) is 1.46. The van der Waals surface area contributed by atoms with Crippen LogP contribution in [0.4, 0.5) is 4.79 Å². The Kier molecular flexibility index (Phi) is 4.49. The highest BCUT2D eigenvalue weighted by Crippen LogP contribution is 2.06. The van der Waals surface area contributed by atoms with E-state index in [-0.39, 0.29) is 6.04 Å². The van der Waals surface area contributed by atoms with E-state index in [0.717, 1.165) is 5.01 Å². The Labute approximate surface area is 84.5 Å². The standard InChI is InChI=1S/C8H19N5O/c1-6(2)11-12-8(3,4)10-7(14)13(5)9/h6H,9H2,1-5H3,(H,10,14). The average molecular weight is 201 g/mol. The fourth-order valence-electron chi connectivity index (χ4n) is 0.635. The Morgan fingerprint density at radius 2 is 2.00 bits per heavy atom. The fourth-order valence-corrected chi connectivity index (χ4v) is 0.635. The topological polar surface area (TPSA) is 83.1 Å². The van der Waals surface area contributed by atoms with Crippen molar-refractivity contribution in [1.82, 2.24) is 10.3 Å². The number of nitrogens with one attached hydrogen (secondary N) is 1. The number of urea groups is 1. The third kappa shape index (κ3) is 5.47. The van der Waals surface area contributed by atoms with E-state index in [9.17, 15) is 4.79 Å². The number of nitrogens with zero attached hydrogens (tertiary/aromatic N) is 3. The first kappa shape index (κ1) is 12.8. The average Bonchev–Trinajstić information content (AvgIpc) is 2.00. The van der Waals surface area contributed by atoms with Crippen LogP contribution in [0.15, 0.2) is 10.2 Å². The number of carbonyl (C=O) groups is 1. The van der Waals surface area contributed by atoms with E-state index in [1.165, 1.54) is 7.05 Å². The van der Waals surface area contributed by atoms with Crippen LogP contribution < -0.4 is 11.2 Å². The van der Waals surface area contributed by atoms with E-state index >= 15 is 0 Å². The molecule has 0 rings (SSSR count). The van der Waals surface area contributed by atoms with Gasteiger partial charge in [0.1, 0.15) is 5.66 Å². The maximum atomic E-state index is 11.2. The van der Waals surface area contributed by atoms with E-state index < -0.39 is 11.7 Å². The van der Waals surface area contributed by atoms with Crippen molar-refractivity contribution in [2.75, 3.05) is 7.05 Å². The van der Waals surface area contributed by atoms with Gasteiger partial charge in [0.15, 0.2) is 0 Å². The Balaban J connectivity index is 4.27. The van der Waals surface area contributed by atoms with Crippen molar-refractivity contribution in [2.24, 2.45) is 16.1 Å². The van der Waals surface area contributed by atoms with Crippen molar-refractivity contribution in [3.05, 3.63) is 0 Å². The minimum atomic E-state index is -0.727. The molecule has 6 nitrogen and oxygen atoms in total. The highest BCUT2D eigenvalue weighted by molar-refractivity contribution is 5.73. The summed E-state index contributed by atoms with van der Waals surface area (Å²) in [4.78, 5) is 11.2. The lowest BCUT2D eigenvalue weighted by Crippen LogP contribution is -2.50. The van der Waals surface area contributed by atoms with Gasteiger partial charge in [-0.15, -0.1) is 0 Å². The third-order valence-electron chi connectivity index (χ3n) is 1.27. The lowest BCUT2D eigenvalue weighted by Gasteiger charge is -2.22. The van der Waals surface area contributed by atoms with Crippen LogP contribution in [0.5, 0.6) is 0 Å². The van der Waals surface area contributed by atoms with Gasteiger partial charge in [-0.3, -0.25) is 5.01 Å². The first-order chi connectivity index (χ1) is 6.24.